The summed E-state index contributed by atoms with van der Waals surface area (Å²) in [5, 5.41) is 17.5. The van der Waals surface area contributed by atoms with Crippen LogP contribution >= 0.6 is 0 Å². The normalized spacial score (nSPS) is 19.0. The molecule has 226 valence electrons. The standard InChI is InChI=1S/C32H41N3O6S/c1-5-26-29(31(37)34-27(18-23-12-8-6-9-13-23)28(36)19-33-25-16-17-25)21(2)35(42(4,39)40)22(3)30(26)32(38)41-20-24-14-10-7-11-15-24/h6-15,25-28,33,36H,5,16-20H2,1-4H3,(H,34,37)/t26?,27-,28+/m0/s1. The summed E-state index contributed by atoms with van der Waals surface area (Å²) < 4.78 is 32.6. The molecule has 42 heavy (non-hydrogen) atoms. The number of rotatable bonds is 13. The van der Waals surface area contributed by atoms with Crippen LogP contribution < -0.4 is 10.6 Å². The van der Waals surface area contributed by atoms with Gasteiger partial charge in [0, 0.05) is 35.5 Å². The number of nitrogens with one attached hydrogen (secondary N) is 2. The first-order chi connectivity index (χ1) is 20.0. The van der Waals surface area contributed by atoms with Gasteiger partial charge in [-0.3, -0.25) is 4.79 Å². The fourth-order valence-electron chi connectivity index (χ4n) is 5.55. The number of aliphatic hydroxyl groups is 1. The van der Waals surface area contributed by atoms with Gasteiger partial charge in [-0.05, 0) is 50.7 Å². The number of hydrogen-bond donors (Lipinski definition) is 3. The Morgan fingerprint density at radius 2 is 1.55 bits per heavy atom. The number of nitrogens with zero attached hydrogens (tertiary/aromatic N) is 1. The van der Waals surface area contributed by atoms with Crippen molar-refractivity contribution in [1.82, 2.24) is 14.9 Å². The molecule has 2 aliphatic rings. The van der Waals surface area contributed by atoms with Crippen molar-refractivity contribution in [1.29, 1.82) is 0 Å². The highest BCUT2D eigenvalue weighted by Crippen LogP contribution is 2.39. The third-order valence-electron chi connectivity index (χ3n) is 7.78. The third kappa shape index (κ3) is 7.67. The molecule has 0 aromatic heterocycles. The van der Waals surface area contributed by atoms with Gasteiger partial charge in [0.05, 0.1) is 24.0 Å². The van der Waals surface area contributed by atoms with Crippen LogP contribution in [0.15, 0.2) is 83.2 Å². The van der Waals surface area contributed by atoms with E-state index in [1.165, 1.54) is 0 Å². The molecule has 2 aromatic rings. The van der Waals surface area contributed by atoms with Crippen molar-refractivity contribution in [3.05, 3.63) is 94.3 Å². The molecule has 1 heterocycles. The minimum atomic E-state index is -3.89. The van der Waals surface area contributed by atoms with Crippen molar-refractivity contribution >= 4 is 21.9 Å². The summed E-state index contributed by atoms with van der Waals surface area (Å²) in [6.07, 6.45) is 3.00. The summed E-state index contributed by atoms with van der Waals surface area (Å²) in [6.45, 7) is 5.30. The van der Waals surface area contributed by atoms with E-state index in [-0.39, 0.29) is 29.1 Å². The predicted octanol–water partition coefficient (Wildman–Crippen LogP) is 3.42. The lowest BCUT2D eigenvalue weighted by molar-refractivity contribution is -0.141. The maximum Gasteiger partial charge on any atom is 0.336 e. The van der Waals surface area contributed by atoms with E-state index in [1.54, 1.807) is 13.8 Å². The number of aliphatic hydroxyl groups excluding tert-OH is 1. The van der Waals surface area contributed by atoms with Crippen molar-refractivity contribution in [2.24, 2.45) is 5.92 Å². The molecule has 0 bridgehead atoms. The van der Waals surface area contributed by atoms with Crippen LogP contribution in [0, 0.1) is 5.92 Å². The second-order valence-corrected chi connectivity index (χ2v) is 12.9. The van der Waals surface area contributed by atoms with E-state index in [9.17, 15) is 23.1 Å². The number of allylic oxidation sites excluding steroid dienone is 2. The van der Waals surface area contributed by atoms with Crippen LogP contribution in [-0.2, 0) is 37.4 Å². The Labute approximate surface area is 248 Å². The van der Waals surface area contributed by atoms with E-state index >= 15 is 0 Å². The fraction of sp³-hybridized carbons (Fsp3) is 0.438. The molecule has 9 nitrogen and oxygen atoms in total. The molecule has 0 saturated heterocycles. The molecule has 1 saturated carbocycles. The van der Waals surface area contributed by atoms with Crippen LogP contribution in [0.4, 0.5) is 0 Å². The molecule has 1 amide bonds. The highest BCUT2D eigenvalue weighted by molar-refractivity contribution is 7.88. The van der Waals surface area contributed by atoms with E-state index < -0.39 is 40.0 Å². The third-order valence-corrected chi connectivity index (χ3v) is 8.99. The number of carbonyl (C=O) groups is 2. The number of hydrogen-bond acceptors (Lipinski definition) is 7. The first-order valence-corrected chi connectivity index (χ1v) is 16.2. The first kappa shape index (κ1) is 31.5. The van der Waals surface area contributed by atoms with E-state index in [0.29, 0.717) is 25.4 Å². The fourth-order valence-corrected chi connectivity index (χ4v) is 6.74. The van der Waals surface area contributed by atoms with Gasteiger partial charge in [0.1, 0.15) is 6.61 Å². The molecule has 1 aliphatic heterocycles. The van der Waals surface area contributed by atoms with Crippen molar-refractivity contribution in [2.45, 2.75) is 71.2 Å². The molecule has 2 aromatic carbocycles. The van der Waals surface area contributed by atoms with Crippen molar-refractivity contribution in [3.63, 3.8) is 0 Å². The molecule has 10 heteroatoms. The lowest BCUT2D eigenvalue weighted by Crippen LogP contribution is -2.51. The number of esters is 1. The molecular weight excluding hydrogens is 554 g/mol. The number of ether oxygens (including phenoxy) is 1. The van der Waals surface area contributed by atoms with Gasteiger partial charge >= 0.3 is 5.97 Å². The van der Waals surface area contributed by atoms with Gasteiger partial charge in [-0.2, -0.15) is 0 Å². The topological polar surface area (TPSA) is 125 Å². The van der Waals surface area contributed by atoms with Crippen LogP contribution in [0.2, 0.25) is 0 Å². The van der Waals surface area contributed by atoms with Gasteiger partial charge in [-0.1, -0.05) is 67.6 Å². The summed E-state index contributed by atoms with van der Waals surface area (Å²) in [5.74, 6) is -1.91. The highest BCUT2D eigenvalue weighted by Gasteiger charge is 2.41. The summed E-state index contributed by atoms with van der Waals surface area (Å²) in [4.78, 5) is 27.6. The second-order valence-electron chi connectivity index (χ2n) is 11.1. The van der Waals surface area contributed by atoms with Gasteiger partial charge in [-0.15, -0.1) is 0 Å². The predicted molar refractivity (Wildman–Crippen MR) is 161 cm³/mol. The van der Waals surface area contributed by atoms with Crippen LogP contribution in [0.25, 0.3) is 0 Å². The van der Waals surface area contributed by atoms with Crippen molar-refractivity contribution in [2.75, 3.05) is 12.8 Å². The molecule has 0 radical (unpaired) electrons. The van der Waals surface area contributed by atoms with Crippen LogP contribution in [0.1, 0.15) is 51.2 Å². The lowest BCUT2D eigenvalue weighted by Gasteiger charge is -2.37. The van der Waals surface area contributed by atoms with Crippen LogP contribution in [-0.4, -0.2) is 60.7 Å². The zero-order valence-electron chi connectivity index (χ0n) is 24.7. The Morgan fingerprint density at radius 1 is 0.976 bits per heavy atom. The Bertz CT molecular complexity index is 1440. The molecule has 4 rings (SSSR count). The Balaban J connectivity index is 1.65. The Morgan fingerprint density at radius 3 is 2.10 bits per heavy atom. The number of sulfonamides is 1. The minimum Gasteiger partial charge on any atom is -0.457 e. The van der Waals surface area contributed by atoms with E-state index in [4.69, 9.17) is 4.74 Å². The molecule has 1 fully saturated rings. The smallest absolute Gasteiger partial charge is 0.336 e. The average molecular weight is 596 g/mol. The molecule has 1 unspecified atom stereocenters. The van der Waals surface area contributed by atoms with Gasteiger partial charge in [0.2, 0.25) is 15.9 Å². The number of amides is 1. The molecule has 3 atom stereocenters. The summed E-state index contributed by atoms with van der Waals surface area (Å²) in [7, 11) is -3.89. The molecule has 3 N–H and O–H groups in total. The van der Waals surface area contributed by atoms with Crippen LogP contribution in [0.5, 0.6) is 0 Å². The van der Waals surface area contributed by atoms with Crippen molar-refractivity contribution < 1.29 is 27.9 Å². The Kier molecular flexibility index (Phi) is 10.2. The van der Waals surface area contributed by atoms with Gasteiger partial charge in [0.25, 0.3) is 0 Å². The monoisotopic (exact) mass is 595 g/mol. The van der Waals surface area contributed by atoms with E-state index in [2.05, 4.69) is 10.6 Å². The number of benzene rings is 2. The van der Waals surface area contributed by atoms with Gasteiger partial charge in [0.15, 0.2) is 0 Å². The SMILES string of the molecule is CCC1C(C(=O)N[C@@H](Cc2ccccc2)[C@H](O)CNC2CC2)=C(C)N(S(C)(=O)=O)C(C)=C1C(=O)OCc1ccccc1. The zero-order chi connectivity index (χ0) is 30.4. The lowest BCUT2D eigenvalue weighted by atomic mass is 9.83. The molecule has 0 spiro atoms. The van der Waals surface area contributed by atoms with Gasteiger partial charge in [-0.25, -0.2) is 17.5 Å². The largest absolute Gasteiger partial charge is 0.457 e. The Hall–Kier alpha value is -3.47. The summed E-state index contributed by atoms with van der Waals surface area (Å²) in [6, 6.07) is 18.5. The van der Waals surface area contributed by atoms with Gasteiger partial charge < -0.3 is 20.5 Å². The quantitative estimate of drug-likeness (QED) is 0.303. The minimum absolute atomic E-state index is 0.00925. The molecule has 1 aliphatic carbocycles. The van der Waals surface area contributed by atoms with E-state index in [0.717, 1.165) is 34.5 Å². The van der Waals surface area contributed by atoms with Crippen LogP contribution in [0.3, 0.4) is 0 Å². The zero-order valence-corrected chi connectivity index (χ0v) is 25.5. The summed E-state index contributed by atoms with van der Waals surface area (Å²) >= 11 is 0. The number of carbonyl (C=O) groups excluding carboxylic acids is 2. The maximum atomic E-state index is 14.1. The molecular formula is C32H41N3O6S. The average Bonchev–Trinajstić information content (AvgIpc) is 3.79. The van der Waals surface area contributed by atoms with Crippen molar-refractivity contribution in [3.8, 4) is 0 Å². The first-order valence-electron chi connectivity index (χ1n) is 14.4. The second kappa shape index (κ2) is 13.7. The highest BCUT2D eigenvalue weighted by atomic mass is 32.2. The van der Waals surface area contributed by atoms with E-state index in [1.807, 2.05) is 67.6 Å². The summed E-state index contributed by atoms with van der Waals surface area (Å²) in [5.41, 5.74) is 2.46. The maximum absolute atomic E-state index is 14.1.